The van der Waals surface area contributed by atoms with Gasteiger partial charge < -0.3 is 31.3 Å². The molecule has 1 N–H and O–H groups in total. The summed E-state index contributed by atoms with van der Waals surface area (Å²) in [6.07, 6.45) is 4.15. The highest BCUT2D eigenvalue weighted by Crippen LogP contribution is 2.44. The zero-order chi connectivity index (χ0) is 22.9. The third-order valence-corrected chi connectivity index (χ3v) is 7.87. The van der Waals surface area contributed by atoms with Crippen molar-refractivity contribution in [3.63, 3.8) is 0 Å². The Balaban J connectivity index is 0.00000306. The van der Waals surface area contributed by atoms with Gasteiger partial charge >= 0.3 is 5.97 Å². The number of piperidine rings is 1. The van der Waals surface area contributed by atoms with Gasteiger partial charge in [-0.3, -0.25) is 4.79 Å². The summed E-state index contributed by atoms with van der Waals surface area (Å²) in [6.45, 7) is 7.56. The van der Waals surface area contributed by atoms with Gasteiger partial charge in [0, 0.05) is 31.2 Å². The van der Waals surface area contributed by atoms with Crippen molar-refractivity contribution in [1.29, 1.82) is 0 Å². The fourth-order valence-electron chi connectivity index (χ4n) is 5.80. The molecule has 0 spiro atoms. The number of carbonyl (C=O) groups excluding carboxylic acids is 1. The first-order chi connectivity index (χ1) is 15.2. The smallest absolute Gasteiger partial charge is 0.316 e. The first kappa shape index (κ1) is 25.9. The van der Waals surface area contributed by atoms with E-state index < -0.39 is 5.92 Å². The van der Waals surface area contributed by atoms with Crippen LogP contribution >= 0.6 is 0 Å². The molecular formula is C28H38BrNO3. The lowest BCUT2D eigenvalue weighted by molar-refractivity contribution is -0.961. The topological polar surface area (TPSA) is 46.5 Å². The van der Waals surface area contributed by atoms with Crippen LogP contribution in [0.15, 0.2) is 54.6 Å². The summed E-state index contributed by atoms with van der Waals surface area (Å²) < 4.78 is 7.01. The Morgan fingerprint density at radius 3 is 2.12 bits per heavy atom. The number of rotatable bonds is 6. The number of aliphatic hydroxyl groups excluding tert-OH is 1. The minimum Gasteiger partial charge on any atom is -1.00 e. The van der Waals surface area contributed by atoms with Crippen molar-refractivity contribution >= 4 is 5.97 Å². The highest BCUT2D eigenvalue weighted by Gasteiger charge is 2.52. The summed E-state index contributed by atoms with van der Waals surface area (Å²) >= 11 is 0. The van der Waals surface area contributed by atoms with Crippen molar-refractivity contribution in [3.05, 3.63) is 71.3 Å². The lowest BCUT2D eigenvalue weighted by Gasteiger charge is -2.47. The Hall–Kier alpha value is -1.69. The number of halogens is 1. The van der Waals surface area contributed by atoms with Gasteiger partial charge in [0.2, 0.25) is 0 Å². The summed E-state index contributed by atoms with van der Waals surface area (Å²) in [5.74, 6) is -0.894. The molecule has 2 aromatic carbocycles. The van der Waals surface area contributed by atoms with E-state index in [9.17, 15) is 9.90 Å². The zero-order valence-electron chi connectivity index (χ0n) is 20.3. The van der Waals surface area contributed by atoms with Gasteiger partial charge in [0.15, 0.2) is 0 Å². The molecule has 5 heteroatoms. The third-order valence-electron chi connectivity index (χ3n) is 7.87. The second-order valence-corrected chi connectivity index (χ2v) is 11.0. The number of carbonyl (C=O) groups is 1. The Labute approximate surface area is 209 Å². The molecule has 2 aliphatic rings. The summed E-state index contributed by atoms with van der Waals surface area (Å²) in [6, 6.07) is 19.6. The van der Waals surface area contributed by atoms with Gasteiger partial charge in [0.05, 0.1) is 25.7 Å². The van der Waals surface area contributed by atoms with Gasteiger partial charge in [-0.2, -0.15) is 0 Å². The molecule has 180 valence electrons. The molecule has 4 rings (SSSR count). The fraction of sp³-hybridized carbons (Fsp3) is 0.536. The van der Waals surface area contributed by atoms with Crippen molar-refractivity contribution in [1.82, 2.24) is 0 Å². The van der Waals surface area contributed by atoms with E-state index in [2.05, 4.69) is 52.1 Å². The van der Waals surface area contributed by atoms with Gasteiger partial charge in [-0.05, 0) is 16.5 Å². The Morgan fingerprint density at radius 1 is 1.03 bits per heavy atom. The van der Waals surface area contributed by atoms with E-state index in [-0.39, 0.29) is 41.1 Å². The van der Waals surface area contributed by atoms with Crippen LogP contribution in [0.2, 0.25) is 0 Å². The number of esters is 1. The molecule has 0 aromatic heterocycles. The first-order valence-corrected chi connectivity index (χ1v) is 12.0. The second kappa shape index (κ2) is 10.3. The molecule has 33 heavy (non-hydrogen) atoms. The highest BCUT2D eigenvalue weighted by atomic mass is 79.9. The van der Waals surface area contributed by atoms with Crippen molar-refractivity contribution in [2.24, 2.45) is 0 Å². The van der Waals surface area contributed by atoms with Crippen LogP contribution in [-0.4, -0.2) is 47.4 Å². The van der Waals surface area contributed by atoms with Crippen LogP contribution in [0.3, 0.4) is 0 Å². The van der Waals surface area contributed by atoms with Crippen LogP contribution in [0.25, 0.3) is 0 Å². The Morgan fingerprint density at radius 2 is 1.61 bits per heavy atom. The van der Waals surface area contributed by atoms with Crippen molar-refractivity contribution < 1.29 is 36.1 Å². The van der Waals surface area contributed by atoms with Crippen LogP contribution in [0.5, 0.6) is 0 Å². The lowest BCUT2D eigenvalue weighted by atomic mass is 9.86. The Bertz CT molecular complexity index is 908. The molecule has 2 bridgehead atoms. The average Bonchev–Trinajstić information content (AvgIpc) is 2.91. The average molecular weight is 517 g/mol. The molecule has 0 amide bonds. The van der Waals surface area contributed by atoms with E-state index in [4.69, 9.17) is 4.74 Å². The van der Waals surface area contributed by atoms with Crippen LogP contribution < -0.4 is 17.0 Å². The van der Waals surface area contributed by atoms with Crippen molar-refractivity contribution in [2.75, 3.05) is 13.7 Å². The van der Waals surface area contributed by atoms with E-state index in [0.717, 1.165) is 29.4 Å². The van der Waals surface area contributed by atoms with Crippen LogP contribution in [-0.2, 0) is 21.5 Å². The molecule has 0 saturated carbocycles. The number of quaternary nitrogens is 1. The molecular weight excluding hydrogens is 478 g/mol. The maximum absolute atomic E-state index is 12.9. The van der Waals surface area contributed by atoms with Gasteiger partial charge in [0.1, 0.15) is 18.6 Å². The number of aliphatic hydroxyl groups is 1. The number of hydrogen-bond acceptors (Lipinski definition) is 3. The van der Waals surface area contributed by atoms with Gasteiger partial charge in [-0.1, -0.05) is 75.4 Å². The number of benzene rings is 2. The summed E-state index contributed by atoms with van der Waals surface area (Å²) in [5.41, 5.74) is 3.74. The summed E-state index contributed by atoms with van der Waals surface area (Å²) in [5, 5.41) is 9.81. The number of fused-ring (bicyclic) bond motifs is 2. The molecule has 2 saturated heterocycles. The van der Waals surface area contributed by atoms with Gasteiger partial charge in [-0.15, -0.1) is 0 Å². The highest BCUT2D eigenvalue weighted by molar-refractivity contribution is 5.78. The third kappa shape index (κ3) is 5.52. The molecule has 0 aliphatic carbocycles. The first-order valence-electron chi connectivity index (χ1n) is 12.0. The standard InChI is InChI=1S/C28H38NO3.BrH/c1-28(2,3)22-12-10-20(11-13-22)18-29(4)23-14-15-24(29)17-25(16-23)32-27(31)26(19-30)21-8-6-5-7-9-21;/h5-13,23-26,30H,14-19H2,1-4H3;1H/q+1;/p-1. The SMILES string of the molecule is CC(C)(C)c1ccc(C[N+]2(C)C3CCC2CC(OC(=O)C(CO)c2ccccc2)C3)cc1.[Br-]. The molecule has 2 fully saturated rings. The van der Waals surface area contributed by atoms with E-state index in [0.29, 0.717) is 12.1 Å². The molecule has 0 radical (unpaired) electrons. The Kier molecular flexibility index (Phi) is 8.08. The van der Waals surface area contributed by atoms with E-state index in [1.807, 2.05) is 30.3 Å². The fourth-order valence-corrected chi connectivity index (χ4v) is 5.80. The molecule has 2 aliphatic heterocycles. The number of hydrogen-bond donors (Lipinski definition) is 1. The quantitative estimate of drug-likeness (QED) is 0.472. The predicted octanol–water partition coefficient (Wildman–Crippen LogP) is 1.95. The zero-order valence-corrected chi connectivity index (χ0v) is 21.9. The van der Waals surface area contributed by atoms with Gasteiger partial charge in [0.25, 0.3) is 0 Å². The maximum atomic E-state index is 12.9. The summed E-state index contributed by atoms with van der Waals surface area (Å²) in [7, 11) is 2.39. The molecule has 4 nitrogen and oxygen atoms in total. The number of ether oxygens (including phenoxy) is 1. The van der Waals surface area contributed by atoms with Crippen LogP contribution in [0.1, 0.15) is 69.1 Å². The monoisotopic (exact) mass is 515 g/mol. The maximum Gasteiger partial charge on any atom is 0.316 e. The van der Waals surface area contributed by atoms with Gasteiger partial charge in [-0.25, -0.2) is 0 Å². The predicted molar refractivity (Wildman–Crippen MR) is 127 cm³/mol. The minimum atomic E-state index is -0.599. The summed E-state index contributed by atoms with van der Waals surface area (Å²) in [4.78, 5) is 12.9. The van der Waals surface area contributed by atoms with E-state index in [1.54, 1.807) is 0 Å². The molecule has 2 heterocycles. The molecule has 2 aromatic rings. The minimum absolute atomic E-state index is 0. The molecule has 3 atom stereocenters. The van der Waals surface area contributed by atoms with Crippen molar-refractivity contribution in [3.8, 4) is 0 Å². The molecule has 3 unspecified atom stereocenters. The second-order valence-electron chi connectivity index (χ2n) is 11.0. The van der Waals surface area contributed by atoms with Crippen LogP contribution in [0.4, 0.5) is 0 Å². The van der Waals surface area contributed by atoms with Crippen LogP contribution in [0, 0.1) is 0 Å². The largest absolute Gasteiger partial charge is 1.00 e. The van der Waals surface area contributed by atoms with E-state index >= 15 is 0 Å². The van der Waals surface area contributed by atoms with Crippen molar-refractivity contribution in [2.45, 2.75) is 82.5 Å². The normalized spacial score (nSPS) is 27.5. The van der Waals surface area contributed by atoms with E-state index in [1.165, 1.54) is 24.0 Å². The lowest BCUT2D eigenvalue weighted by Crippen LogP contribution is -3.00. The number of nitrogens with zero attached hydrogens (tertiary/aromatic N) is 1.